The van der Waals surface area contributed by atoms with E-state index in [1.54, 1.807) is 42.9 Å². The third-order valence-corrected chi connectivity index (χ3v) is 5.39. The Labute approximate surface area is 178 Å². The van der Waals surface area contributed by atoms with Gasteiger partial charge in [0.1, 0.15) is 11.3 Å². The minimum Gasteiger partial charge on any atom is -0.459 e. The van der Waals surface area contributed by atoms with Gasteiger partial charge in [0.25, 0.3) is 5.91 Å². The van der Waals surface area contributed by atoms with Gasteiger partial charge >= 0.3 is 0 Å². The molecule has 0 aliphatic carbocycles. The molecule has 4 aromatic rings. The normalized spacial score (nSPS) is 12.1. The first kappa shape index (κ1) is 19.9. The molecule has 0 aliphatic rings. The zero-order valence-corrected chi connectivity index (χ0v) is 17.6. The van der Waals surface area contributed by atoms with Crippen LogP contribution in [0.3, 0.4) is 0 Å². The number of benzene rings is 2. The topological polar surface area (TPSA) is 68.3 Å². The van der Waals surface area contributed by atoms with Crippen molar-refractivity contribution in [2.45, 2.75) is 19.9 Å². The van der Waals surface area contributed by atoms with Crippen molar-refractivity contribution in [2.75, 3.05) is 7.05 Å². The predicted octanol–water partition coefficient (Wildman–Crippen LogP) is 4.77. The number of halogens is 1. The minimum atomic E-state index is -0.476. The molecule has 4 rings (SSSR count). The van der Waals surface area contributed by atoms with E-state index in [1.165, 1.54) is 11.0 Å². The first-order valence-electron chi connectivity index (χ1n) is 9.47. The summed E-state index contributed by atoms with van der Waals surface area (Å²) in [5.41, 5.74) is 1.50. The molecular weight excluding hydrogens is 402 g/mol. The Morgan fingerprint density at radius 1 is 1.13 bits per heavy atom. The average Bonchev–Trinajstić information content (AvgIpc) is 3.17. The molecule has 0 saturated heterocycles. The van der Waals surface area contributed by atoms with E-state index >= 15 is 0 Å². The molecule has 0 saturated carbocycles. The van der Waals surface area contributed by atoms with Crippen LogP contribution in [-0.4, -0.2) is 27.6 Å². The van der Waals surface area contributed by atoms with E-state index in [0.717, 1.165) is 11.0 Å². The zero-order chi connectivity index (χ0) is 21.4. The summed E-state index contributed by atoms with van der Waals surface area (Å²) in [5.74, 6) is 0.160. The Hall–Kier alpha value is -3.38. The predicted molar refractivity (Wildman–Crippen MR) is 116 cm³/mol. The molecule has 0 spiro atoms. The third kappa shape index (κ3) is 3.62. The summed E-state index contributed by atoms with van der Waals surface area (Å²) in [6, 6.07) is 17.6. The Bertz CT molecular complexity index is 1260. The van der Waals surface area contributed by atoms with E-state index in [4.69, 9.17) is 16.0 Å². The van der Waals surface area contributed by atoms with Crippen molar-refractivity contribution < 1.29 is 9.21 Å². The van der Waals surface area contributed by atoms with E-state index in [1.807, 2.05) is 37.3 Å². The van der Waals surface area contributed by atoms with Crippen LogP contribution in [0.25, 0.3) is 16.7 Å². The fraction of sp³-hybridized carbons (Fsp3) is 0.174. The molecule has 30 heavy (non-hydrogen) atoms. The smallest absolute Gasteiger partial charge is 0.278 e. The number of para-hydroxylation sites is 1. The molecule has 7 heteroatoms. The van der Waals surface area contributed by atoms with Gasteiger partial charge in [0, 0.05) is 29.2 Å². The number of fused-ring (bicyclic) bond motifs is 1. The van der Waals surface area contributed by atoms with Crippen LogP contribution in [-0.2, 0) is 0 Å². The van der Waals surface area contributed by atoms with Gasteiger partial charge in [-0.3, -0.25) is 9.59 Å². The highest BCUT2D eigenvalue weighted by molar-refractivity contribution is 6.30. The number of carbonyl (C=O) groups is 1. The summed E-state index contributed by atoms with van der Waals surface area (Å²) < 4.78 is 7.44. The number of carbonyl (C=O) groups excluding carboxylic acids is 1. The Morgan fingerprint density at radius 2 is 1.83 bits per heavy atom. The van der Waals surface area contributed by atoms with Gasteiger partial charge in [-0.25, -0.2) is 4.68 Å². The van der Waals surface area contributed by atoms with E-state index in [0.29, 0.717) is 22.2 Å². The van der Waals surface area contributed by atoms with Crippen LogP contribution in [0.15, 0.2) is 69.9 Å². The second-order valence-corrected chi connectivity index (χ2v) is 7.60. The fourth-order valence-electron chi connectivity index (χ4n) is 3.28. The van der Waals surface area contributed by atoms with Crippen LogP contribution in [0.1, 0.15) is 34.9 Å². The summed E-state index contributed by atoms with van der Waals surface area (Å²) in [6.07, 6.45) is 0. The maximum Gasteiger partial charge on any atom is 0.278 e. The number of nitrogens with zero attached hydrogens (tertiary/aromatic N) is 3. The lowest BCUT2D eigenvalue weighted by molar-refractivity contribution is 0.0718. The molecule has 2 heterocycles. The number of hydrogen-bond acceptors (Lipinski definition) is 4. The van der Waals surface area contributed by atoms with Gasteiger partial charge in [-0.2, -0.15) is 5.10 Å². The van der Waals surface area contributed by atoms with E-state index < -0.39 is 11.3 Å². The lowest BCUT2D eigenvalue weighted by Crippen LogP contribution is -2.35. The van der Waals surface area contributed by atoms with E-state index in [-0.39, 0.29) is 11.7 Å². The van der Waals surface area contributed by atoms with Crippen molar-refractivity contribution in [3.05, 3.63) is 93.1 Å². The van der Waals surface area contributed by atoms with Gasteiger partial charge < -0.3 is 9.32 Å². The maximum absolute atomic E-state index is 13.1. The quantitative estimate of drug-likeness (QED) is 0.475. The van der Waals surface area contributed by atoms with Crippen molar-refractivity contribution in [2.24, 2.45) is 0 Å². The molecule has 2 aromatic carbocycles. The van der Waals surface area contributed by atoms with Gasteiger partial charge in [-0.1, -0.05) is 29.8 Å². The van der Waals surface area contributed by atoms with Crippen molar-refractivity contribution >= 4 is 28.5 Å². The van der Waals surface area contributed by atoms with Crippen LogP contribution in [0, 0.1) is 6.92 Å². The van der Waals surface area contributed by atoms with Crippen LogP contribution in [0.5, 0.6) is 0 Å². The maximum atomic E-state index is 13.1. The summed E-state index contributed by atoms with van der Waals surface area (Å²) >= 11 is 5.96. The summed E-state index contributed by atoms with van der Waals surface area (Å²) in [6.45, 7) is 3.61. The zero-order valence-electron chi connectivity index (χ0n) is 16.8. The molecule has 1 amide bonds. The molecule has 2 aromatic heterocycles. The highest BCUT2D eigenvalue weighted by atomic mass is 35.5. The molecule has 1 atom stereocenters. The summed E-state index contributed by atoms with van der Waals surface area (Å²) in [7, 11) is 1.63. The number of rotatable bonds is 4. The fourth-order valence-corrected chi connectivity index (χ4v) is 3.41. The first-order valence-corrected chi connectivity index (χ1v) is 9.85. The van der Waals surface area contributed by atoms with Gasteiger partial charge in [0.2, 0.25) is 5.43 Å². The largest absolute Gasteiger partial charge is 0.459 e. The van der Waals surface area contributed by atoms with Crippen molar-refractivity contribution in [1.82, 2.24) is 14.7 Å². The molecule has 1 unspecified atom stereocenters. The Kier molecular flexibility index (Phi) is 5.18. The average molecular weight is 422 g/mol. The second-order valence-electron chi connectivity index (χ2n) is 7.17. The molecule has 152 valence electrons. The van der Waals surface area contributed by atoms with Crippen molar-refractivity contribution in [3.8, 4) is 5.69 Å². The highest BCUT2D eigenvalue weighted by Crippen LogP contribution is 2.27. The monoisotopic (exact) mass is 421 g/mol. The molecule has 0 radical (unpaired) electrons. The van der Waals surface area contributed by atoms with Gasteiger partial charge in [-0.15, -0.1) is 0 Å². The lowest BCUT2D eigenvalue weighted by Gasteiger charge is -2.23. The highest BCUT2D eigenvalue weighted by Gasteiger charge is 2.25. The molecule has 0 N–H and O–H groups in total. The van der Waals surface area contributed by atoms with E-state index in [2.05, 4.69) is 5.10 Å². The van der Waals surface area contributed by atoms with Gasteiger partial charge in [-0.05, 0) is 50.2 Å². The summed E-state index contributed by atoms with van der Waals surface area (Å²) in [5, 5.41) is 5.90. The molecule has 0 aliphatic heterocycles. The van der Waals surface area contributed by atoms with E-state index in [9.17, 15) is 9.59 Å². The minimum absolute atomic E-state index is 0.152. The van der Waals surface area contributed by atoms with Crippen LogP contribution >= 0.6 is 11.6 Å². The molecule has 0 bridgehead atoms. The number of aromatic nitrogens is 2. The van der Waals surface area contributed by atoms with Crippen LogP contribution in [0.4, 0.5) is 0 Å². The van der Waals surface area contributed by atoms with Gasteiger partial charge in [0.05, 0.1) is 11.7 Å². The number of hydrogen-bond donors (Lipinski definition) is 0. The first-order chi connectivity index (χ1) is 14.3. The van der Waals surface area contributed by atoms with Crippen molar-refractivity contribution in [1.29, 1.82) is 0 Å². The third-order valence-electron chi connectivity index (χ3n) is 5.14. The number of furan rings is 1. The summed E-state index contributed by atoms with van der Waals surface area (Å²) in [4.78, 5) is 27.1. The molecule has 6 nitrogen and oxygen atoms in total. The molecular formula is C23H20ClN3O3. The lowest BCUT2D eigenvalue weighted by atomic mass is 10.2. The Morgan fingerprint density at radius 3 is 2.53 bits per heavy atom. The van der Waals surface area contributed by atoms with Crippen molar-refractivity contribution in [3.63, 3.8) is 0 Å². The SMILES string of the molecule is Cc1cc(=O)c(C(=O)N(C)C(C)c2cc3ccccc3o2)nn1-c1ccc(Cl)cc1. The standard InChI is InChI=1S/C23H20ClN3O3/c1-14-12-19(28)22(25-27(14)18-10-8-17(24)9-11-18)23(29)26(3)15(2)21-13-16-6-4-5-7-20(16)30-21/h4-13,15H,1-3H3. The second kappa shape index (κ2) is 7.80. The number of aryl methyl sites for hydroxylation is 1. The molecule has 0 fully saturated rings. The number of amides is 1. The van der Waals surface area contributed by atoms with Crippen LogP contribution in [0.2, 0.25) is 5.02 Å². The van der Waals surface area contributed by atoms with Crippen LogP contribution < -0.4 is 5.43 Å². The van der Waals surface area contributed by atoms with Gasteiger partial charge in [0.15, 0.2) is 5.69 Å². The Balaban J connectivity index is 1.68.